The number of aromatic nitrogens is 2. The molecule has 0 saturated carbocycles. The third kappa shape index (κ3) is 5.08. The van der Waals surface area contributed by atoms with E-state index in [1.807, 2.05) is 10.5 Å². The Kier molecular flexibility index (Phi) is 6.79. The lowest BCUT2D eigenvalue weighted by molar-refractivity contribution is -0.137. The second-order valence-corrected chi connectivity index (χ2v) is 9.21. The van der Waals surface area contributed by atoms with Crippen molar-refractivity contribution in [3.8, 4) is 0 Å². The number of nitrogens with zero attached hydrogens (tertiary/aromatic N) is 6. The highest BCUT2D eigenvalue weighted by molar-refractivity contribution is 7.99. The zero-order chi connectivity index (χ0) is 23.5. The quantitative estimate of drug-likeness (QED) is 0.638. The van der Waals surface area contributed by atoms with E-state index in [2.05, 4.69) is 20.1 Å². The highest BCUT2D eigenvalue weighted by Gasteiger charge is 2.31. The first-order valence-electron chi connectivity index (χ1n) is 11.3. The van der Waals surface area contributed by atoms with Crippen LogP contribution in [0.25, 0.3) is 0 Å². The van der Waals surface area contributed by atoms with E-state index < -0.39 is 11.7 Å². The molecule has 3 aliphatic heterocycles. The van der Waals surface area contributed by atoms with Crippen LogP contribution < -0.4 is 19.4 Å². The zero-order valence-electron chi connectivity index (χ0n) is 18.6. The van der Waals surface area contributed by atoms with Gasteiger partial charge in [-0.3, -0.25) is 9.30 Å². The predicted octanol–water partition coefficient (Wildman–Crippen LogP) is 2.79. The molecule has 12 heteroatoms. The van der Waals surface area contributed by atoms with Crippen molar-refractivity contribution in [3.63, 3.8) is 0 Å². The molecule has 182 valence electrons. The first kappa shape index (κ1) is 23.2. The van der Waals surface area contributed by atoms with Crippen LogP contribution in [0.5, 0.6) is 0 Å². The van der Waals surface area contributed by atoms with E-state index in [0.717, 1.165) is 62.5 Å². The predicted molar refractivity (Wildman–Crippen MR) is 128 cm³/mol. The van der Waals surface area contributed by atoms with Crippen LogP contribution in [0.1, 0.15) is 16.7 Å². The Morgan fingerprint density at radius 2 is 1.76 bits per heavy atom. The van der Waals surface area contributed by atoms with Crippen molar-refractivity contribution in [2.75, 3.05) is 73.3 Å². The molecule has 2 aromatic rings. The number of anilines is 3. The molecular weight excluding hydrogens is 467 g/mol. The summed E-state index contributed by atoms with van der Waals surface area (Å²) >= 11 is 1.41. The zero-order valence-corrected chi connectivity index (χ0v) is 19.4. The van der Waals surface area contributed by atoms with Gasteiger partial charge in [-0.05, 0) is 23.6 Å². The van der Waals surface area contributed by atoms with E-state index in [4.69, 9.17) is 14.7 Å². The molecule has 2 saturated heterocycles. The molecule has 0 aliphatic carbocycles. The first-order chi connectivity index (χ1) is 16.5. The van der Waals surface area contributed by atoms with Crippen molar-refractivity contribution in [1.82, 2.24) is 15.3 Å². The summed E-state index contributed by atoms with van der Waals surface area (Å²) < 4.78 is 46.9. The number of morpholine rings is 1. The Morgan fingerprint density at radius 1 is 1.00 bits per heavy atom. The van der Waals surface area contributed by atoms with Crippen molar-refractivity contribution in [2.24, 2.45) is 4.99 Å². The van der Waals surface area contributed by atoms with Crippen molar-refractivity contribution >= 4 is 35.7 Å². The van der Waals surface area contributed by atoms with E-state index >= 15 is 0 Å². The van der Waals surface area contributed by atoms with E-state index in [-0.39, 0.29) is 0 Å². The van der Waals surface area contributed by atoms with E-state index in [0.29, 0.717) is 37.1 Å². The molecule has 0 radical (unpaired) electrons. The minimum atomic E-state index is -4.36. The fourth-order valence-electron chi connectivity index (χ4n) is 4.13. The Balaban J connectivity index is 1.44. The number of benzene rings is 1. The van der Waals surface area contributed by atoms with Gasteiger partial charge in [0.05, 0.1) is 24.3 Å². The van der Waals surface area contributed by atoms with Gasteiger partial charge in [-0.15, -0.1) is 0 Å². The fourth-order valence-corrected chi connectivity index (χ4v) is 5.02. The van der Waals surface area contributed by atoms with E-state index in [1.54, 1.807) is 6.07 Å². The molecule has 4 heterocycles. The van der Waals surface area contributed by atoms with Gasteiger partial charge < -0.3 is 19.9 Å². The van der Waals surface area contributed by atoms with Gasteiger partial charge in [-0.25, -0.2) is 0 Å². The third-order valence-corrected chi connectivity index (χ3v) is 6.97. The van der Waals surface area contributed by atoms with Gasteiger partial charge in [0.25, 0.3) is 0 Å². The van der Waals surface area contributed by atoms with Gasteiger partial charge >= 0.3 is 6.18 Å². The number of fused-ring (bicyclic) bond motifs is 1. The van der Waals surface area contributed by atoms with Gasteiger partial charge in [0.15, 0.2) is 5.82 Å². The molecule has 1 aromatic heterocycles. The summed E-state index contributed by atoms with van der Waals surface area (Å²) in [5.74, 6) is 2.62. The molecule has 3 aliphatic rings. The molecule has 2 fully saturated rings. The Bertz CT molecular complexity index is 1040. The van der Waals surface area contributed by atoms with Crippen LogP contribution in [-0.2, 0) is 16.7 Å². The lowest BCUT2D eigenvalue weighted by Crippen LogP contribution is -2.45. The highest BCUT2D eigenvalue weighted by Crippen LogP contribution is 2.36. The number of halogens is 3. The number of hydrogen-bond acceptors (Lipinski definition) is 9. The summed E-state index contributed by atoms with van der Waals surface area (Å²) in [5, 5.41) is 3.35. The Hall–Kier alpha value is -2.57. The van der Waals surface area contributed by atoms with Crippen LogP contribution >= 0.6 is 11.9 Å². The minimum absolute atomic E-state index is 0.372. The molecule has 5 rings (SSSR count). The van der Waals surface area contributed by atoms with Gasteiger partial charge in [0.1, 0.15) is 12.5 Å². The average Bonchev–Trinajstić information content (AvgIpc) is 2.87. The average molecular weight is 494 g/mol. The van der Waals surface area contributed by atoms with Crippen molar-refractivity contribution in [1.29, 1.82) is 0 Å². The number of piperazine rings is 1. The SMILES string of the molecule is FC(F)(F)c1cccc(CSN2CN=Cc3c(N4CCOCC4)nc(N4CCNCC4)nc32)c1. The topological polar surface area (TPSA) is 69.1 Å². The smallest absolute Gasteiger partial charge is 0.378 e. The Labute approximate surface area is 200 Å². The monoisotopic (exact) mass is 493 g/mol. The maximum Gasteiger partial charge on any atom is 0.416 e. The van der Waals surface area contributed by atoms with Crippen molar-refractivity contribution < 1.29 is 17.9 Å². The summed E-state index contributed by atoms with van der Waals surface area (Å²) in [6.07, 6.45) is -2.55. The maximum atomic E-state index is 13.1. The first-order valence-corrected chi connectivity index (χ1v) is 12.2. The number of rotatable bonds is 5. The molecule has 0 amide bonds. The summed E-state index contributed by atoms with van der Waals surface area (Å²) in [6.45, 7) is 6.45. The summed E-state index contributed by atoms with van der Waals surface area (Å²) in [7, 11) is 0. The van der Waals surface area contributed by atoms with Crippen LogP contribution in [0, 0.1) is 0 Å². The lowest BCUT2D eigenvalue weighted by Gasteiger charge is -2.34. The van der Waals surface area contributed by atoms with Crippen molar-refractivity contribution in [3.05, 3.63) is 41.0 Å². The van der Waals surface area contributed by atoms with Crippen LogP contribution in [-0.4, -0.2) is 75.3 Å². The standard InChI is InChI=1S/C22H26F3N7OS/c23-22(24,25)17-3-1-2-16(12-17)14-34-32-15-27-13-18-19(30-8-10-33-11-9-30)28-21(29-20(18)32)31-6-4-26-5-7-31/h1-3,12-13,26H,4-11,14-15H2. The molecule has 1 N–H and O–H groups in total. The van der Waals surface area contributed by atoms with Crippen molar-refractivity contribution in [2.45, 2.75) is 11.9 Å². The molecule has 0 spiro atoms. The third-order valence-electron chi connectivity index (χ3n) is 5.91. The van der Waals surface area contributed by atoms with Crippen LogP contribution in [0.15, 0.2) is 29.3 Å². The second kappa shape index (κ2) is 9.96. The van der Waals surface area contributed by atoms with Gasteiger partial charge in [-0.2, -0.15) is 23.1 Å². The Morgan fingerprint density at radius 3 is 2.53 bits per heavy atom. The largest absolute Gasteiger partial charge is 0.416 e. The number of aliphatic imine (C=N–C) groups is 1. The molecular formula is C22H26F3N7OS. The second-order valence-electron chi connectivity index (χ2n) is 8.22. The molecule has 1 aromatic carbocycles. The number of hydrogen-bond donors (Lipinski definition) is 1. The normalized spacial score (nSPS) is 18.9. The maximum absolute atomic E-state index is 13.1. The molecule has 34 heavy (non-hydrogen) atoms. The highest BCUT2D eigenvalue weighted by atomic mass is 32.2. The summed E-state index contributed by atoms with van der Waals surface area (Å²) in [6, 6.07) is 5.45. The number of nitrogens with one attached hydrogen (secondary N) is 1. The number of ether oxygens (including phenoxy) is 1. The number of alkyl halides is 3. The van der Waals surface area contributed by atoms with Crippen LogP contribution in [0.2, 0.25) is 0 Å². The fraction of sp³-hybridized carbons (Fsp3) is 0.500. The summed E-state index contributed by atoms with van der Waals surface area (Å²) in [4.78, 5) is 18.7. The van der Waals surface area contributed by atoms with E-state index in [1.165, 1.54) is 24.1 Å². The van der Waals surface area contributed by atoms with Crippen LogP contribution in [0.4, 0.5) is 30.8 Å². The van der Waals surface area contributed by atoms with Crippen LogP contribution in [0.3, 0.4) is 0 Å². The lowest BCUT2D eigenvalue weighted by atomic mass is 10.1. The minimum Gasteiger partial charge on any atom is -0.378 e. The van der Waals surface area contributed by atoms with Gasteiger partial charge in [0, 0.05) is 51.2 Å². The molecule has 0 bridgehead atoms. The van der Waals surface area contributed by atoms with E-state index in [9.17, 15) is 13.2 Å². The van der Waals surface area contributed by atoms with Gasteiger partial charge in [-0.1, -0.05) is 18.2 Å². The molecule has 0 atom stereocenters. The molecule has 8 nitrogen and oxygen atoms in total. The van der Waals surface area contributed by atoms with Gasteiger partial charge in [0.2, 0.25) is 5.95 Å². The summed E-state index contributed by atoms with van der Waals surface area (Å²) in [5.41, 5.74) is 0.796. The molecule has 0 unspecified atom stereocenters.